The SMILES string of the molecule is Fc1cc(Cl)cnc1OC1CCSCC1. The summed E-state index contributed by atoms with van der Waals surface area (Å²) in [7, 11) is 0. The fraction of sp³-hybridized carbons (Fsp3) is 0.500. The Bertz CT molecular complexity index is 344. The van der Waals surface area contributed by atoms with E-state index in [1.807, 2.05) is 11.8 Å². The lowest BCUT2D eigenvalue weighted by Crippen LogP contribution is -2.23. The zero-order valence-corrected chi connectivity index (χ0v) is 9.65. The maximum absolute atomic E-state index is 13.3. The fourth-order valence-electron chi connectivity index (χ4n) is 1.44. The third kappa shape index (κ3) is 2.98. The molecular weight excluding hydrogens is 237 g/mol. The first kappa shape index (κ1) is 11.0. The molecule has 2 heterocycles. The van der Waals surface area contributed by atoms with Gasteiger partial charge in [0.05, 0.1) is 5.02 Å². The molecule has 0 atom stereocenters. The van der Waals surface area contributed by atoms with E-state index in [0.29, 0.717) is 5.02 Å². The van der Waals surface area contributed by atoms with E-state index in [1.54, 1.807) is 0 Å². The molecule has 0 unspecified atom stereocenters. The van der Waals surface area contributed by atoms with Crippen LogP contribution in [0.3, 0.4) is 0 Å². The molecule has 0 N–H and O–H groups in total. The minimum Gasteiger partial charge on any atom is -0.472 e. The average Bonchev–Trinajstić information content (AvgIpc) is 2.24. The normalized spacial score (nSPS) is 17.7. The van der Waals surface area contributed by atoms with E-state index in [4.69, 9.17) is 16.3 Å². The van der Waals surface area contributed by atoms with Crippen LogP contribution in [0, 0.1) is 5.82 Å². The smallest absolute Gasteiger partial charge is 0.250 e. The van der Waals surface area contributed by atoms with Gasteiger partial charge in [0.25, 0.3) is 5.88 Å². The number of aromatic nitrogens is 1. The standard InChI is InChI=1S/C10H11ClFNOS/c11-7-5-9(12)10(13-6-7)14-8-1-3-15-4-2-8/h5-6,8H,1-4H2. The van der Waals surface area contributed by atoms with Crippen molar-refractivity contribution in [3.8, 4) is 5.88 Å². The molecule has 1 fully saturated rings. The van der Waals surface area contributed by atoms with Gasteiger partial charge in [-0.1, -0.05) is 11.6 Å². The van der Waals surface area contributed by atoms with Crippen molar-refractivity contribution in [3.05, 3.63) is 23.1 Å². The first-order chi connectivity index (χ1) is 7.25. The van der Waals surface area contributed by atoms with E-state index < -0.39 is 5.82 Å². The van der Waals surface area contributed by atoms with Crippen LogP contribution in [0.2, 0.25) is 5.02 Å². The first-order valence-electron chi connectivity index (χ1n) is 4.81. The van der Waals surface area contributed by atoms with E-state index >= 15 is 0 Å². The Morgan fingerprint density at radius 2 is 2.20 bits per heavy atom. The van der Waals surface area contributed by atoms with Gasteiger partial charge in [-0.2, -0.15) is 11.8 Å². The second-order valence-electron chi connectivity index (χ2n) is 3.37. The van der Waals surface area contributed by atoms with Gasteiger partial charge in [-0.05, 0) is 30.4 Å². The third-order valence-corrected chi connectivity index (χ3v) is 3.48. The zero-order chi connectivity index (χ0) is 10.7. The summed E-state index contributed by atoms with van der Waals surface area (Å²) >= 11 is 7.50. The summed E-state index contributed by atoms with van der Waals surface area (Å²) in [6.45, 7) is 0. The molecule has 2 nitrogen and oxygen atoms in total. The summed E-state index contributed by atoms with van der Waals surface area (Å²) < 4.78 is 18.8. The maximum atomic E-state index is 13.3. The van der Waals surface area contributed by atoms with E-state index in [-0.39, 0.29) is 12.0 Å². The van der Waals surface area contributed by atoms with Crippen molar-refractivity contribution in [1.29, 1.82) is 0 Å². The Morgan fingerprint density at radius 1 is 1.47 bits per heavy atom. The van der Waals surface area contributed by atoms with Gasteiger partial charge in [-0.15, -0.1) is 0 Å². The molecular formula is C10H11ClFNOS. The number of ether oxygens (including phenoxy) is 1. The zero-order valence-electron chi connectivity index (χ0n) is 8.08. The Hall–Kier alpha value is -0.480. The average molecular weight is 248 g/mol. The van der Waals surface area contributed by atoms with E-state index in [1.165, 1.54) is 12.3 Å². The van der Waals surface area contributed by atoms with Crippen LogP contribution in [0.4, 0.5) is 4.39 Å². The highest BCUT2D eigenvalue weighted by Gasteiger charge is 2.17. The molecule has 5 heteroatoms. The highest BCUT2D eigenvalue weighted by Crippen LogP contribution is 2.24. The molecule has 1 aromatic heterocycles. The summed E-state index contributed by atoms with van der Waals surface area (Å²) in [5.74, 6) is 1.72. The van der Waals surface area contributed by atoms with E-state index in [9.17, 15) is 4.39 Å². The van der Waals surface area contributed by atoms with Gasteiger partial charge < -0.3 is 4.74 Å². The molecule has 0 aromatic carbocycles. The minimum atomic E-state index is -0.485. The molecule has 1 aliphatic rings. The highest BCUT2D eigenvalue weighted by molar-refractivity contribution is 7.99. The molecule has 82 valence electrons. The second-order valence-corrected chi connectivity index (χ2v) is 5.03. The number of hydrogen-bond donors (Lipinski definition) is 0. The van der Waals surface area contributed by atoms with Crippen molar-refractivity contribution in [2.24, 2.45) is 0 Å². The van der Waals surface area contributed by atoms with Crippen LogP contribution in [0.1, 0.15) is 12.8 Å². The molecule has 1 saturated heterocycles. The van der Waals surface area contributed by atoms with Crippen molar-refractivity contribution >= 4 is 23.4 Å². The number of halogens is 2. The number of rotatable bonds is 2. The van der Waals surface area contributed by atoms with Gasteiger partial charge in [0.15, 0.2) is 5.82 Å². The molecule has 0 radical (unpaired) electrons. The Balaban J connectivity index is 2.03. The first-order valence-corrected chi connectivity index (χ1v) is 6.34. The number of hydrogen-bond acceptors (Lipinski definition) is 3. The topological polar surface area (TPSA) is 22.1 Å². The molecule has 1 aromatic rings. The van der Waals surface area contributed by atoms with Gasteiger partial charge in [0, 0.05) is 6.20 Å². The van der Waals surface area contributed by atoms with Crippen molar-refractivity contribution in [2.45, 2.75) is 18.9 Å². The maximum Gasteiger partial charge on any atom is 0.250 e. The lowest BCUT2D eigenvalue weighted by Gasteiger charge is -2.22. The van der Waals surface area contributed by atoms with E-state index in [2.05, 4.69) is 4.98 Å². The van der Waals surface area contributed by atoms with Crippen molar-refractivity contribution in [1.82, 2.24) is 4.98 Å². The molecule has 0 bridgehead atoms. The number of thioether (sulfide) groups is 1. The van der Waals surface area contributed by atoms with Crippen LogP contribution in [-0.2, 0) is 0 Å². The summed E-state index contributed by atoms with van der Waals surface area (Å²) in [4.78, 5) is 3.84. The van der Waals surface area contributed by atoms with Gasteiger partial charge >= 0.3 is 0 Å². The molecule has 0 spiro atoms. The third-order valence-electron chi connectivity index (χ3n) is 2.22. The fourth-order valence-corrected chi connectivity index (χ4v) is 2.65. The molecule has 0 saturated carbocycles. The van der Waals surface area contributed by atoms with Crippen LogP contribution in [0.5, 0.6) is 5.88 Å². The quantitative estimate of drug-likeness (QED) is 0.802. The van der Waals surface area contributed by atoms with Crippen LogP contribution in [0.15, 0.2) is 12.3 Å². The van der Waals surface area contributed by atoms with Crippen molar-refractivity contribution < 1.29 is 9.13 Å². The lowest BCUT2D eigenvalue weighted by atomic mass is 10.2. The van der Waals surface area contributed by atoms with Crippen LogP contribution >= 0.6 is 23.4 Å². The van der Waals surface area contributed by atoms with Gasteiger partial charge in [-0.3, -0.25) is 0 Å². The highest BCUT2D eigenvalue weighted by atomic mass is 35.5. The van der Waals surface area contributed by atoms with Gasteiger partial charge in [0.2, 0.25) is 0 Å². The molecule has 2 rings (SSSR count). The largest absolute Gasteiger partial charge is 0.472 e. The number of nitrogens with zero attached hydrogens (tertiary/aromatic N) is 1. The summed E-state index contributed by atoms with van der Waals surface area (Å²) in [5, 5.41) is 0.291. The predicted molar refractivity (Wildman–Crippen MR) is 60.2 cm³/mol. The van der Waals surface area contributed by atoms with E-state index in [0.717, 1.165) is 24.3 Å². The van der Waals surface area contributed by atoms with Crippen LogP contribution in [0.25, 0.3) is 0 Å². The second kappa shape index (κ2) is 5.03. The number of pyridine rings is 1. The monoisotopic (exact) mass is 247 g/mol. The lowest BCUT2D eigenvalue weighted by molar-refractivity contribution is 0.175. The van der Waals surface area contributed by atoms with Gasteiger partial charge in [-0.25, -0.2) is 9.37 Å². The van der Waals surface area contributed by atoms with Crippen LogP contribution in [-0.4, -0.2) is 22.6 Å². The van der Waals surface area contributed by atoms with Crippen LogP contribution < -0.4 is 4.74 Å². The minimum absolute atomic E-state index is 0.0660. The van der Waals surface area contributed by atoms with Gasteiger partial charge in [0.1, 0.15) is 6.10 Å². The molecule has 0 amide bonds. The summed E-state index contributed by atoms with van der Waals surface area (Å²) in [6.07, 6.45) is 3.40. The Labute approximate surface area is 97.2 Å². The Kier molecular flexibility index (Phi) is 3.70. The predicted octanol–water partition coefficient (Wildman–Crippen LogP) is 3.15. The summed E-state index contributed by atoms with van der Waals surface area (Å²) in [6, 6.07) is 1.22. The summed E-state index contributed by atoms with van der Waals surface area (Å²) in [5.41, 5.74) is 0. The molecule has 15 heavy (non-hydrogen) atoms. The molecule has 0 aliphatic carbocycles. The van der Waals surface area contributed by atoms with Crippen molar-refractivity contribution in [2.75, 3.05) is 11.5 Å². The Morgan fingerprint density at radius 3 is 2.87 bits per heavy atom. The molecule has 1 aliphatic heterocycles. The van der Waals surface area contributed by atoms with Crippen molar-refractivity contribution in [3.63, 3.8) is 0 Å².